The lowest BCUT2D eigenvalue weighted by Crippen LogP contribution is -2.55. The number of nitrogens with zero attached hydrogens (tertiary/aromatic N) is 1. The highest BCUT2D eigenvalue weighted by atomic mass is 16.1. The molecule has 1 heterocycles. The number of rotatable bonds is 8. The summed E-state index contributed by atoms with van der Waals surface area (Å²) in [5, 5.41) is 4.01. The second kappa shape index (κ2) is 10.8. The summed E-state index contributed by atoms with van der Waals surface area (Å²) in [7, 11) is 0. The first kappa shape index (κ1) is 26.2. The highest BCUT2D eigenvalue weighted by Gasteiger charge is 2.60. The van der Waals surface area contributed by atoms with Crippen LogP contribution in [0.5, 0.6) is 0 Å². The van der Waals surface area contributed by atoms with Crippen LogP contribution in [0.25, 0.3) is 0 Å². The first-order chi connectivity index (χ1) is 16.8. The van der Waals surface area contributed by atoms with E-state index < -0.39 is 0 Å². The fourth-order valence-corrected chi connectivity index (χ4v) is 10.7. The number of nitrogens with one attached hydrogen (secondary N) is 1. The van der Waals surface area contributed by atoms with Crippen LogP contribution in [-0.4, -0.2) is 42.9 Å². The summed E-state index contributed by atoms with van der Waals surface area (Å²) in [6.45, 7) is 14.7. The molecule has 0 aromatic rings. The van der Waals surface area contributed by atoms with E-state index in [1.807, 2.05) is 0 Å². The Bertz CT molecular complexity index is 731. The number of hydrogen-bond acceptors (Lipinski definition) is 3. The molecule has 0 amide bonds. The lowest BCUT2D eigenvalue weighted by Gasteiger charge is -2.61. The largest absolute Gasteiger partial charge is 0.313 e. The molecule has 0 aromatic heterocycles. The molecular formula is C32H56N2O. The topological polar surface area (TPSA) is 32.3 Å². The number of fused-ring (bicyclic) bond motifs is 5. The van der Waals surface area contributed by atoms with Crippen molar-refractivity contribution in [3.05, 3.63) is 0 Å². The van der Waals surface area contributed by atoms with Gasteiger partial charge in [0.2, 0.25) is 0 Å². The van der Waals surface area contributed by atoms with Gasteiger partial charge in [-0.25, -0.2) is 0 Å². The molecule has 5 fully saturated rings. The number of Topliss-reactive ketones (excluding diaryl/α,β-unsaturated/α-hetero) is 1. The van der Waals surface area contributed by atoms with E-state index in [9.17, 15) is 4.79 Å². The molecule has 1 aliphatic heterocycles. The lowest BCUT2D eigenvalue weighted by molar-refractivity contribution is -0.120. The van der Waals surface area contributed by atoms with E-state index in [4.69, 9.17) is 0 Å². The minimum absolute atomic E-state index is 0.378. The van der Waals surface area contributed by atoms with Crippen LogP contribution >= 0.6 is 0 Å². The average Bonchev–Trinajstić information content (AvgIpc) is 3.20. The van der Waals surface area contributed by atoms with Gasteiger partial charge in [0.15, 0.2) is 0 Å². The van der Waals surface area contributed by atoms with E-state index in [-0.39, 0.29) is 0 Å². The van der Waals surface area contributed by atoms with Gasteiger partial charge in [-0.15, -0.1) is 0 Å². The van der Waals surface area contributed by atoms with Crippen molar-refractivity contribution in [3.8, 4) is 0 Å². The minimum atomic E-state index is 0.378. The zero-order valence-electron chi connectivity index (χ0n) is 23.6. The van der Waals surface area contributed by atoms with Crippen molar-refractivity contribution in [2.45, 2.75) is 124 Å². The Labute approximate surface area is 216 Å². The number of piperidine rings is 1. The summed E-state index contributed by atoms with van der Waals surface area (Å²) in [5.74, 6) is 5.78. The average molecular weight is 485 g/mol. The highest BCUT2D eigenvalue weighted by Crippen LogP contribution is 2.68. The van der Waals surface area contributed by atoms with Gasteiger partial charge in [-0.1, -0.05) is 27.2 Å². The molecule has 0 spiro atoms. The van der Waals surface area contributed by atoms with Gasteiger partial charge in [0, 0.05) is 25.6 Å². The molecule has 4 aliphatic carbocycles. The number of likely N-dealkylation sites (tertiary alicyclic amines) is 1. The van der Waals surface area contributed by atoms with Crippen LogP contribution in [-0.2, 0) is 4.79 Å². The summed E-state index contributed by atoms with van der Waals surface area (Å²) in [6, 6.07) is 0.765. The monoisotopic (exact) mass is 484 g/mol. The molecular weight excluding hydrogens is 428 g/mol. The number of carbonyl (C=O) groups is 1. The molecule has 35 heavy (non-hydrogen) atoms. The third-order valence-electron chi connectivity index (χ3n) is 12.7. The number of carbonyl (C=O) groups excluding carboxylic acids is 1. The second-order valence-corrected chi connectivity index (χ2v) is 14.4. The predicted octanol–water partition coefficient (Wildman–Crippen LogP) is 7.09. The molecule has 3 nitrogen and oxygen atoms in total. The molecule has 0 aromatic carbocycles. The Morgan fingerprint density at radius 3 is 2.46 bits per heavy atom. The molecule has 8 unspecified atom stereocenters. The van der Waals surface area contributed by atoms with Gasteiger partial charge >= 0.3 is 0 Å². The summed E-state index contributed by atoms with van der Waals surface area (Å²) in [6.07, 6.45) is 19.3. The Kier molecular flexibility index (Phi) is 8.05. The van der Waals surface area contributed by atoms with Crippen LogP contribution in [0.2, 0.25) is 0 Å². The summed E-state index contributed by atoms with van der Waals surface area (Å²) in [5.41, 5.74) is 1.13. The van der Waals surface area contributed by atoms with Crippen molar-refractivity contribution in [1.29, 1.82) is 0 Å². The van der Waals surface area contributed by atoms with Crippen LogP contribution in [0.3, 0.4) is 0 Å². The molecule has 9 atom stereocenters. The summed E-state index contributed by atoms with van der Waals surface area (Å²) >= 11 is 0. The third kappa shape index (κ3) is 5.16. The fraction of sp³-hybridized carbons (Fsp3) is 0.969. The minimum Gasteiger partial charge on any atom is -0.313 e. The van der Waals surface area contributed by atoms with Crippen LogP contribution in [0.4, 0.5) is 0 Å². The van der Waals surface area contributed by atoms with Crippen LogP contribution in [0, 0.1) is 46.3 Å². The molecule has 4 saturated carbocycles. The lowest BCUT2D eigenvalue weighted by atomic mass is 9.44. The van der Waals surface area contributed by atoms with E-state index in [0.717, 1.165) is 48.5 Å². The first-order valence-corrected chi connectivity index (χ1v) is 15.8. The van der Waals surface area contributed by atoms with Gasteiger partial charge < -0.3 is 15.0 Å². The fourth-order valence-electron chi connectivity index (χ4n) is 10.7. The van der Waals surface area contributed by atoms with Gasteiger partial charge in [0.25, 0.3) is 0 Å². The van der Waals surface area contributed by atoms with Gasteiger partial charge in [0.05, 0.1) is 0 Å². The van der Waals surface area contributed by atoms with Crippen molar-refractivity contribution in [2.75, 3.05) is 26.2 Å². The van der Waals surface area contributed by atoms with Gasteiger partial charge in [-0.3, -0.25) is 0 Å². The Hall–Kier alpha value is -0.410. The molecule has 5 rings (SSSR count). The van der Waals surface area contributed by atoms with Crippen molar-refractivity contribution in [3.63, 3.8) is 0 Å². The van der Waals surface area contributed by atoms with E-state index in [1.165, 1.54) is 103 Å². The molecule has 1 saturated heterocycles. The third-order valence-corrected chi connectivity index (χ3v) is 12.7. The Balaban J connectivity index is 1.17. The second-order valence-electron chi connectivity index (χ2n) is 14.4. The Morgan fingerprint density at radius 1 is 0.943 bits per heavy atom. The van der Waals surface area contributed by atoms with Crippen LogP contribution < -0.4 is 5.32 Å². The molecule has 0 bridgehead atoms. The van der Waals surface area contributed by atoms with Gasteiger partial charge in [-0.2, -0.15) is 0 Å². The van der Waals surface area contributed by atoms with Crippen LogP contribution in [0.1, 0.15) is 118 Å². The SMILES string of the molecule is CC(=O)CCC(C)C1CCC2C3CC[C@H]4CC(NCCN5CCCCC5)CCC4(C)C3CCC12C. The summed E-state index contributed by atoms with van der Waals surface area (Å²) < 4.78 is 0. The standard InChI is InChI=1S/C32H56N2O/c1-23(8-9-24(2)35)28-12-13-29-27-11-10-25-22-26(33-18-21-34-19-6-5-7-20-34)14-16-31(25,3)30(27)15-17-32(28,29)4/h23,25-30,33H,5-22H2,1-4H3/t23?,25-,26?,27?,28?,29?,30?,31?,32?/m0/s1. The van der Waals surface area contributed by atoms with Gasteiger partial charge in [0.1, 0.15) is 5.78 Å². The quantitative estimate of drug-likeness (QED) is 0.399. The van der Waals surface area contributed by atoms with E-state index in [2.05, 4.69) is 31.0 Å². The van der Waals surface area contributed by atoms with Crippen molar-refractivity contribution < 1.29 is 4.79 Å². The predicted molar refractivity (Wildman–Crippen MR) is 146 cm³/mol. The maximum Gasteiger partial charge on any atom is 0.129 e. The van der Waals surface area contributed by atoms with E-state index in [1.54, 1.807) is 6.92 Å². The first-order valence-electron chi connectivity index (χ1n) is 15.8. The maximum absolute atomic E-state index is 11.6. The number of hydrogen-bond donors (Lipinski definition) is 1. The maximum atomic E-state index is 11.6. The molecule has 0 radical (unpaired) electrons. The van der Waals surface area contributed by atoms with Crippen molar-refractivity contribution >= 4 is 5.78 Å². The highest BCUT2D eigenvalue weighted by molar-refractivity contribution is 5.75. The van der Waals surface area contributed by atoms with E-state index in [0.29, 0.717) is 22.5 Å². The molecule has 5 aliphatic rings. The zero-order chi connectivity index (χ0) is 24.6. The molecule has 200 valence electrons. The van der Waals surface area contributed by atoms with Crippen LogP contribution in [0.15, 0.2) is 0 Å². The zero-order valence-corrected chi connectivity index (χ0v) is 23.6. The number of ketones is 1. The Morgan fingerprint density at radius 2 is 1.69 bits per heavy atom. The molecule has 1 N–H and O–H groups in total. The van der Waals surface area contributed by atoms with Gasteiger partial charge in [-0.05, 0) is 143 Å². The molecule has 3 heteroatoms. The summed E-state index contributed by atoms with van der Waals surface area (Å²) in [4.78, 5) is 14.3. The normalized spacial score (nSPS) is 44.8. The smallest absolute Gasteiger partial charge is 0.129 e. The van der Waals surface area contributed by atoms with E-state index >= 15 is 0 Å². The van der Waals surface area contributed by atoms with Crippen molar-refractivity contribution in [2.24, 2.45) is 46.3 Å². The van der Waals surface area contributed by atoms with Crippen molar-refractivity contribution in [1.82, 2.24) is 10.2 Å².